The van der Waals surface area contributed by atoms with Gasteiger partial charge in [0.15, 0.2) is 0 Å². The van der Waals surface area contributed by atoms with Gasteiger partial charge in [-0.05, 0) is 42.8 Å². The van der Waals surface area contributed by atoms with Gasteiger partial charge in [-0.2, -0.15) is 0 Å². The summed E-state index contributed by atoms with van der Waals surface area (Å²) in [5.74, 6) is -0.695. The molecule has 0 radical (unpaired) electrons. The summed E-state index contributed by atoms with van der Waals surface area (Å²) in [7, 11) is -4.14. The van der Waals surface area contributed by atoms with Crippen LogP contribution in [0, 0.1) is 17.0 Å². The van der Waals surface area contributed by atoms with Gasteiger partial charge in [-0.1, -0.05) is 47.5 Å². The Balaban J connectivity index is 1.98. The predicted octanol–water partition coefficient (Wildman–Crippen LogP) is 5.04. The summed E-state index contributed by atoms with van der Waals surface area (Å²) in [5.41, 5.74) is 0.713. The number of hydrogen-bond donors (Lipinski definition) is 1. The van der Waals surface area contributed by atoms with E-state index >= 15 is 0 Å². The van der Waals surface area contributed by atoms with Gasteiger partial charge in [0.25, 0.3) is 15.7 Å². The minimum absolute atomic E-state index is 0.0228. The SMILES string of the molecule is Cc1ccc([N+](=O)[O-])cc1NC(=O)CN(c1ccc(Cl)c(Cl)c1)S(=O)(=O)c1ccccc1. The van der Waals surface area contributed by atoms with Crippen LogP contribution in [0.25, 0.3) is 0 Å². The fourth-order valence-corrected chi connectivity index (χ4v) is 4.58. The molecule has 0 aromatic heterocycles. The fraction of sp³-hybridized carbons (Fsp3) is 0.0952. The minimum atomic E-state index is -4.14. The average molecular weight is 494 g/mol. The summed E-state index contributed by atoms with van der Waals surface area (Å²) in [5, 5.41) is 13.9. The van der Waals surface area contributed by atoms with Gasteiger partial charge in [0.1, 0.15) is 6.54 Å². The quantitative estimate of drug-likeness (QED) is 0.366. The Bertz CT molecular complexity index is 1280. The number of amides is 1. The van der Waals surface area contributed by atoms with E-state index in [1.54, 1.807) is 25.1 Å². The highest BCUT2D eigenvalue weighted by molar-refractivity contribution is 7.92. The first-order valence-electron chi connectivity index (χ1n) is 9.17. The number of sulfonamides is 1. The van der Waals surface area contributed by atoms with E-state index in [4.69, 9.17) is 23.2 Å². The van der Waals surface area contributed by atoms with Crippen molar-refractivity contribution < 1.29 is 18.1 Å². The van der Waals surface area contributed by atoms with Crippen LogP contribution < -0.4 is 9.62 Å². The first-order valence-corrected chi connectivity index (χ1v) is 11.4. The zero-order valence-electron chi connectivity index (χ0n) is 16.7. The topological polar surface area (TPSA) is 110 Å². The van der Waals surface area contributed by atoms with Gasteiger partial charge >= 0.3 is 0 Å². The number of carbonyl (C=O) groups is 1. The maximum Gasteiger partial charge on any atom is 0.271 e. The standard InChI is InChI=1S/C21H17Cl2N3O5S/c1-14-7-8-16(26(28)29)12-20(14)24-21(27)13-25(15-9-10-18(22)19(23)11-15)32(30,31)17-5-3-2-4-6-17/h2-12H,13H2,1H3,(H,24,27). The third kappa shape index (κ3) is 5.18. The predicted molar refractivity (Wildman–Crippen MR) is 124 cm³/mol. The highest BCUT2D eigenvalue weighted by Crippen LogP contribution is 2.30. The maximum atomic E-state index is 13.3. The van der Waals surface area contributed by atoms with Crippen molar-refractivity contribution in [3.05, 3.63) is 92.5 Å². The largest absolute Gasteiger partial charge is 0.324 e. The van der Waals surface area contributed by atoms with E-state index in [0.29, 0.717) is 5.56 Å². The summed E-state index contributed by atoms with van der Waals surface area (Å²) >= 11 is 12.0. The molecule has 0 unspecified atom stereocenters. The minimum Gasteiger partial charge on any atom is -0.324 e. The van der Waals surface area contributed by atoms with Gasteiger partial charge in [-0.3, -0.25) is 19.2 Å². The number of anilines is 2. The van der Waals surface area contributed by atoms with Crippen molar-refractivity contribution in [2.75, 3.05) is 16.2 Å². The molecule has 166 valence electrons. The van der Waals surface area contributed by atoms with Crippen LogP contribution in [-0.2, 0) is 14.8 Å². The molecule has 0 spiro atoms. The molecule has 11 heteroatoms. The molecule has 1 N–H and O–H groups in total. The number of carbonyl (C=O) groups excluding carboxylic acids is 1. The van der Waals surface area contributed by atoms with E-state index < -0.39 is 27.4 Å². The third-order valence-electron chi connectivity index (χ3n) is 4.52. The van der Waals surface area contributed by atoms with E-state index in [1.165, 1.54) is 48.5 Å². The normalized spacial score (nSPS) is 11.1. The Morgan fingerprint density at radius 2 is 1.72 bits per heavy atom. The number of rotatable bonds is 7. The molecular formula is C21H17Cl2N3O5S. The zero-order chi connectivity index (χ0) is 23.5. The number of nitrogens with zero attached hydrogens (tertiary/aromatic N) is 2. The Morgan fingerprint density at radius 1 is 1.03 bits per heavy atom. The summed E-state index contributed by atoms with van der Waals surface area (Å²) in [6, 6.07) is 15.8. The molecule has 0 bridgehead atoms. The Hall–Kier alpha value is -3.14. The van der Waals surface area contributed by atoms with E-state index in [2.05, 4.69) is 5.32 Å². The molecule has 0 heterocycles. The number of halogens is 2. The molecule has 3 aromatic carbocycles. The van der Waals surface area contributed by atoms with Crippen molar-refractivity contribution in [3.8, 4) is 0 Å². The van der Waals surface area contributed by atoms with Crippen LogP contribution in [0.4, 0.5) is 17.1 Å². The highest BCUT2D eigenvalue weighted by atomic mass is 35.5. The third-order valence-corrected chi connectivity index (χ3v) is 7.04. The number of non-ortho nitro benzene ring substituents is 1. The second kappa shape index (κ2) is 9.56. The van der Waals surface area contributed by atoms with E-state index in [1.807, 2.05) is 0 Å². The van der Waals surface area contributed by atoms with Crippen LogP contribution in [0.5, 0.6) is 0 Å². The lowest BCUT2D eigenvalue weighted by Crippen LogP contribution is -2.38. The molecule has 8 nitrogen and oxygen atoms in total. The van der Waals surface area contributed by atoms with Gasteiger partial charge in [0.2, 0.25) is 5.91 Å². The number of aryl methyl sites for hydroxylation is 1. The average Bonchev–Trinajstić information content (AvgIpc) is 2.76. The van der Waals surface area contributed by atoms with E-state index in [0.717, 1.165) is 4.31 Å². The van der Waals surface area contributed by atoms with Gasteiger partial charge in [0, 0.05) is 12.1 Å². The second-order valence-corrected chi connectivity index (χ2v) is 9.40. The van der Waals surface area contributed by atoms with E-state index in [-0.39, 0.29) is 32.0 Å². The highest BCUT2D eigenvalue weighted by Gasteiger charge is 2.28. The molecule has 3 aromatic rings. The van der Waals surface area contributed by atoms with Gasteiger partial charge < -0.3 is 5.32 Å². The van der Waals surface area contributed by atoms with Crippen LogP contribution in [0.1, 0.15) is 5.56 Å². The first kappa shape index (κ1) is 23.5. The Kier molecular flexibility index (Phi) is 7.02. The number of benzene rings is 3. The number of nitrogens with one attached hydrogen (secondary N) is 1. The first-order chi connectivity index (χ1) is 15.1. The Labute approximate surface area is 194 Å². The van der Waals surface area contributed by atoms with Crippen LogP contribution in [0.2, 0.25) is 10.0 Å². The molecule has 32 heavy (non-hydrogen) atoms. The molecule has 0 fully saturated rings. The molecule has 0 atom stereocenters. The van der Waals surface area contributed by atoms with Crippen molar-refractivity contribution in [2.24, 2.45) is 0 Å². The molecule has 0 aliphatic carbocycles. The van der Waals surface area contributed by atoms with Crippen LogP contribution in [0.3, 0.4) is 0 Å². The lowest BCUT2D eigenvalue weighted by atomic mass is 10.2. The van der Waals surface area contributed by atoms with Crippen molar-refractivity contribution >= 4 is 56.2 Å². The molecular weight excluding hydrogens is 477 g/mol. The molecule has 0 aliphatic heterocycles. The summed E-state index contributed by atoms with van der Waals surface area (Å²) in [6.45, 7) is 1.06. The Morgan fingerprint density at radius 3 is 2.34 bits per heavy atom. The van der Waals surface area contributed by atoms with Crippen LogP contribution in [-0.4, -0.2) is 25.8 Å². The summed E-state index contributed by atoms with van der Waals surface area (Å²) in [6.07, 6.45) is 0. The summed E-state index contributed by atoms with van der Waals surface area (Å²) < 4.78 is 27.5. The lowest BCUT2D eigenvalue weighted by Gasteiger charge is -2.24. The lowest BCUT2D eigenvalue weighted by molar-refractivity contribution is -0.384. The smallest absolute Gasteiger partial charge is 0.271 e. The summed E-state index contributed by atoms with van der Waals surface area (Å²) in [4.78, 5) is 23.2. The van der Waals surface area contributed by atoms with E-state index in [9.17, 15) is 23.3 Å². The van der Waals surface area contributed by atoms with Crippen molar-refractivity contribution in [1.82, 2.24) is 0 Å². The second-order valence-electron chi connectivity index (χ2n) is 6.73. The molecule has 0 saturated heterocycles. The molecule has 0 saturated carbocycles. The monoisotopic (exact) mass is 493 g/mol. The van der Waals surface area contributed by atoms with Crippen LogP contribution >= 0.6 is 23.2 Å². The fourth-order valence-electron chi connectivity index (χ4n) is 2.85. The van der Waals surface area contributed by atoms with Gasteiger partial charge in [0.05, 0.1) is 31.2 Å². The van der Waals surface area contributed by atoms with Crippen molar-refractivity contribution in [3.63, 3.8) is 0 Å². The van der Waals surface area contributed by atoms with Crippen molar-refractivity contribution in [1.29, 1.82) is 0 Å². The maximum absolute atomic E-state index is 13.3. The van der Waals surface area contributed by atoms with Gasteiger partial charge in [-0.25, -0.2) is 8.42 Å². The number of hydrogen-bond acceptors (Lipinski definition) is 5. The molecule has 3 rings (SSSR count). The number of nitro groups is 1. The van der Waals surface area contributed by atoms with Gasteiger partial charge in [-0.15, -0.1) is 0 Å². The molecule has 1 amide bonds. The molecule has 0 aliphatic rings. The zero-order valence-corrected chi connectivity index (χ0v) is 19.0. The van der Waals surface area contributed by atoms with Crippen LogP contribution in [0.15, 0.2) is 71.6 Å². The number of nitro benzene ring substituents is 1. The van der Waals surface area contributed by atoms with Crippen molar-refractivity contribution in [2.45, 2.75) is 11.8 Å².